The molecule has 1 saturated carbocycles. The van der Waals surface area contributed by atoms with Gasteiger partial charge in [-0.3, -0.25) is 0 Å². The van der Waals surface area contributed by atoms with Gasteiger partial charge < -0.3 is 4.57 Å². The van der Waals surface area contributed by atoms with Gasteiger partial charge in [-0.1, -0.05) is 50.9 Å². The van der Waals surface area contributed by atoms with Crippen molar-refractivity contribution in [2.24, 2.45) is 0 Å². The van der Waals surface area contributed by atoms with E-state index in [1.54, 1.807) is 0 Å². The maximum absolute atomic E-state index is 4.55. The van der Waals surface area contributed by atoms with Crippen LogP contribution in [0.25, 0.3) is 0 Å². The zero-order valence-corrected chi connectivity index (χ0v) is 15.1. The molecular formula is C17H25N3S2. The molecule has 1 aliphatic carbocycles. The summed E-state index contributed by atoms with van der Waals surface area (Å²) in [5, 5.41) is 13.0. The molecule has 2 aromatic rings. The highest BCUT2D eigenvalue weighted by Gasteiger charge is 2.24. The van der Waals surface area contributed by atoms with Gasteiger partial charge in [0.2, 0.25) is 0 Å². The Kier molecular flexibility index (Phi) is 5.58. The summed E-state index contributed by atoms with van der Waals surface area (Å²) in [7, 11) is 0. The molecule has 2 heterocycles. The van der Waals surface area contributed by atoms with E-state index in [1.165, 1.54) is 43.4 Å². The van der Waals surface area contributed by atoms with Crippen LogP contribution in [-0.4, -0.2) is 20.0 Å². The quantitative estimate of drug-likeness (QED) is 0.669. The number of hydrogen-bond acceptors (Lipinski definition) is 4. The lowest BCUT2D eigenvalue weighted by atomic mass is 9.95. The van der Waals surface area contributed by atoms with Crippen LogP contribution < -0.4 is 0 Å². The molecule has 1 unspecified atom stereocenters. The van der Waals surface area contributed by atoms with Crippen LogP contribution in [0.5, 0.6) is 0 Å². The second-order valence-corrected chi connectivity index (χ2v) is 8.59. The van der Waals surface area contributed by atoms with Gasteiger partial charge in [-0.15, -0.1) is 21.5 Å². The van der Waals surface area contributed by atoms with Gasteiger partial charge in [0.25, 0.3) is 0 Å². The topological polar surface area (TPSA) is 30.7 Å². The Balaban J connectivity index is 1.87. The third-order valence-corrected chi connectivity index (χ3v) is 6.57. The van der Waals surface area contributed by atoms with E-state index in [0.29, 0.717) is 11.3 Å². The molecule has 5 heteroatoms. The van der Waals surface area contributed by atoms with Crippen molar-refractivity contribution in [3.8, 4) is 0 Å². The van der Waals surface area contributed by atoms with Gasteiger partial charge >= 0.3 is 0 Å². The van der Waals surface area contributed by atoms with E-state index in [-0.39, 0.29) is 0 Å². The molecule has 3 nitrogen and oxygen atoms in total. The number of rotatable bonds is 6. The Morgan fingerprint density at radius 3 is 2.82 bits per heavy atom. The van der Waals surface area contributed by atoms with E-state index in [2.05, 4.69) is 46.1 Å². The van der Waals surface area contributed by atoms with Gasteiger partial charge in [0.05, 0.1) is 0 Å². The van der Waals surface area contributed by atoms with Crippen LogP contribution in [0, 0.1) is 0 Å². The number of hydrogen-bond donors (Lipinski definition) is 0. The Labute approximate surface area is 141 Å². The molecule has 0 aromatic carbocycles. The molecule has 0 aliphatic heterocycles. The first-order chi connectivity index (χ1) is 10.8. The van der Waals surface area contributed by atoms with Crippen molar-refractivity contribution >= 4 is 23.1 Å². The fourth-order valence-electron chi connectivity index (χ4n) is 3.05. The highest BCUT2D eigenvalue weighted by atomic mass is 32.2. The molecule has 120 valence electrons. The summed E-state index contributed by atoms with van der Waals surface area (Å²) < 4.78 is 2.47. The first-order valence-corrected chi connectivity index (χ1v) is 10.2. The predicted molar refractivity (Wildman–Crippen MR) is 94.9 cm³/mol. The van der Waals surface area contributed by atoms with Crippen LogP contribution in [0.2, 0.25) is 0 Å². The van der Waals surface area contributed by atoms with Crippen LogP contribution in [0.1, 0.15) is 69.1 Å². The van der Waals surface area contributed by atoms with Crippen molar-refractivity contribution in [2.75, 3.05) is 0 Å². The van der Waals surface area contributed by atoms with E-state index in [0.717, 1.165) is 17.4 Å². The summed E-state index contributed by atoms with van der Waals surface area (Å²) in [6, 6.07) is 4.92. The second kappa shape index (κ2) is 7.64. The lowest BCUT2D eigenvalue weighted by molar-refractivity contribution is 0.330. The molecule has 0 bridgehead atoms. The van der Waals surface area contributed by atoms with Crippen LogP contribution in [0.15, 0.2) is 22.7 Å². The first-order valence-electron chi connectivity index (χ1n) is 8.40. The van der Waals surface area contributed by atoms with Crippen LogP contribution >= 0.6 is 23.1 Å². The second-order valence-electron chi connectivity index (χ2n) is 6.15. The van der Waals surface area contributed by atoms with Gasteiger partial charge in [0, 0.05) is 22.6 Å². The predicted octanol–water partition coefficient (Wildman–Crippen LogP) is 5.33. The average Bonchev–Trinajstić information content (AvgIpc) is 3.19. The number of thiophene rings is 1. The smallest absolute Gasteiger partial charge is 0.191 e. The molecule has 0 radical (unpaired) electrons. The third kappa shape index (κ3) is 3.74. The minimum Gasteiger partial charge on any atom is -0.303 e. The van der Waals surface area contributed by atoms with E-state index in [9.17, 15) is 0 Å². The fourth-order valence-corrected chi connectivity index (χ4v) is 4.73. The molecular weight excluding hydrogens is 310 g/mol. The highest BCUT2D eigenvalue weighted by molar-refractivity contribution is 7.99. The van der Waals surface area contributed by atoms with Crippen molar-refractivity contribution in [2.45, 2.75) is 75.2 Å². The lowest BCUT2D eigenvalue weighted by Gasteiger charge is -2.26. The summed E-state index contributed by atoms with van der Waals surface area (Å²) in [4.78, 5) is 1.38. The van der Waals surface area contributed by atoms with Gasteiger partial charge in [0.1, 0.15) is 5.82 Å². The van der Waals surface area contributed by atoms with E-state index < -0.39 is 0 Å². The van der Waals surface area contributed by atoms with Crippen molar-refractivity contribution in [1.29, 1.82) is 0 Å². The van der Waals surface area contributed by atoms with E-state index in [1.807, 2.05) is 23.1 Å². The van der Waals surface area contributed by atoms with Crippen LogP contribution in [0.3, 0.4) is 0 Å². The van der Waals surface area contributed by atoms with E-state index >= 15 is 0 Å². The first kappa shape index (κ1) is 16.1. The van der Waals surface area contributed by atoms with Gasteiger partial charge in [-0.2, -0.15) is 0 Å². The molecule has 1 aliphatic rings. The summed E-state index contributed by atoms with van der Waals surface area (Å²) in [6.07, 6.45) is 8.72. The Hall–Kier alpha value is -0.810. The van der Waals surface area contributed by atoms with Crippen LogP contribution in [-0.2, 0) is 6.42 Å². The van der Waals surface area contributed by atoms with Crippen molar-refractivity contribution in [3.63, 3.8) is 0 Å². The maximum atomic E-state index is 4.55. The standard InChI is InChI=1S/C17H25N3S2/c1-3-13(2)22-17-19-18-16(12-15-10-7-11-21-15)20(17)14-8-5-4-6-9-14/h7,10-11,13-14H,3-6,8-9,12H2,1-2H3. The van der Waals surface area contributed by atoms with Gasteiger partial charge in [0.15, 0.2) is 5.16 Å². The average molecular weight is 336 g/mol. The SMILES string of the molecule is CCC(C)Sc1nnc(Cc2cccs2)n1C1CCCCC1. The molecule has 22 heavy (non-hydrogen) atoms. The fraction of sp³-hybridized carbons (Fsp3) is 0.647. The monoisotopic (exact) mass is 335 g/mol. The van der Waals surface area contributed by atoms with Crippen molar-refractivity contribution < 1.29 is 0 Å². The molecule has 0 spiro atoms. The lowest BCUT2D eigenvalue weighted by Crippen LogP contribution is -2.17. The van der Waals surface area contributed by atoms with Crippen LogP contribution in [0.4, 0.5) is 0 Å². The highest BCUT2D eigenvalue weighted by Crippen LogP contribution is 2.34. The molecule has 0 saturated heterocycles. The summed E-state index contributed by atoms with van der Waals surface area (Å²) in [5.41, 5.74) is 0. The molecule has 1 atom stereocenters. The van der Waals surface area contributed by atoms with Gasteiger partial charge in [-0.05, 0) is 30.7 Å². The number of nitrogens with zero attached hydrogens (tertiary/aromatic N) is 3. The molecule has 0 amide bonds. The third-order valence-electron chi connectivity index (χ3n) is 4.47. The zero-order chi connectivity index (χ0) is 15.4. The minimum atomic E-state index is 0.598. The Bertz CT molecular complexity index is 571. The zero-order valence-electron chi connectivity index (χ0n) is 13.5. The summed E-state index contributed by atoms with van der Waals surface area (Å²) in [5.74, 6) is 1.15. The Morgan fingerprint density at radius 2 is 2.14 bits per heavy atom. The number of aromatic nitrogens is 3. The Morgan fingerprint density at radius 1 is 1.32 bits per heavy atom. The maximum Gasteiger partial charge on any atom is 0.191 e. The molecule has 0 N–H and O–H groups in total. The molecule has 3 rings (SSSR count). The normalized spacial score (nSPS) is 17.7. The summed E-state index contributed by atoms with van der Waals surface area (Å²) >= 11 is 3.70. The minimum absolute atomic E-state index is 0.598. The van der Waals surface area contributed by atoms with Crippen molar-refractivity contribution in [1.82, 2.24) is 14.8 Å². The largest absolute Gasteiger partial charge is 0.303 e. The molecule has 1 fully saturated rings. The van der Waals surface area contributed by atoms with Gasteiger partial charge in [-0.25, -0.2) is 0 Å². The van der Waals surface area contributed by atoms with E-state index in [4.69, 9.17) is 0 Å². The summed E-state index contributed by atoms with van der Waals surface area (Å²) in [6.45, 7) is 4.52. The van der Waals surface area contributed by atoms with Crippen molar-refractivity contribution in [3.05, 3.63) is 28.2 Å². The number of thioether (sulfide) groups is 1. The molecule has 2 aromatic heterocycles.